The lowest BCUT2D eigenvalue weighted by Gasteiger charge is -2.24. The highest BCUT2D eigenvalue weighted by Gasteiger charge is 2.12. The first-order chi connectivity index (χ1) is 7.25. The molecule has 0 saturated carbocycles. The Morgan fingerprint density at radius 2 is 2.07 bits per heavy atom. The number of aryl methyl sites for hydroxylation is 1. The second kappa shape index (κ2) is 5.16. The van der Waals surface area contributed by atoms with Crippen LogP contribution in [0.15, 0.2) is 18.2 Å². The standard InChI is InChI=1S/C12H17IN2/c1-9-2-3-11(8-12(9)13)15-10-4-6-14-7-5-10/h2-3,8,10,14-15H,4-7H2,1H3. The van der Waals surface area contributed by atoms with E-state index in [0.717, 1.165) is 13.1 Å². The van der Waals surface area contributed by atoms with E-state index in [4.69, 9.17) is 0 Å². The summed E-state index contributed by atoms with van der Waals surface area (Å²) in [5.74, 6) is 0. The van der Waals surface area contributed by atoms with E-state index in [1.807, 2.05) is 0 Å². The molecule has 0 radical (unpaired) electrons. The zero-order valence-corrected chi connectivity index (χ0v) is 11.2. The largest absolute Gasteiger partial charge is 0.382 e. The second-order valence-corrected chi connectivity index (χ2v) is 5.29. The third-order valence-electron chi connectivity index (χ3n) is 2.88. The summed E-state index contributed by atoms with van der Waals surface area (Å²) in [6, 6.07) is 7.24. The third kappa shape index (κ3) is 3.08. The molecular formula is C12H17IN2. The fraction of sp³-hybridized carbons (Fsp3) is 0.500. The van der Waals surface area contributed by atoms with Gasteiger partial charge in [0.15, 0.2) is 0 Å². The molecule has 1 aromatic carbocycles. The molecule has 0 spiro atoms. The Morgan fingerprint density at radius 1 is 1.33 bits per heavy atom. The number of benzene rings is 1. The molecule has 0 aromatic heterocycles. The molecule has 3 heteroatoms. The normalized spacial score (nSPS) is 17.7. The van der Waals surface area contributed by atoms with Crippen LogP contribution >= 0.6 is 22.6 Å². The van der Waals surface area contributed by atoms with Crippen molar-refractivity contribution < 1.29 is 0 Å². The Balaban J connectivity index is 2.00. The summed E-state index contributed by atoms with van der Waals surface area (Å²) in [5, 5.41) is 6.98. The van der Waals surface area contributed by atoms with Crippen molar-refractivity contribution in [3.05, 3.63) is 27.3 Å². The van der Waals surface area contributed by atoms with Gasteiger partial charge >= 0.3 is 0 Å². The minimum absolute atomic E-state index is 0.643. The lowest BCUT2D eigenvalue weighted by Crippen LogP contribution is -2.35. The first-order valence-corrected chi connectivity index (χ1v) is 6.57. The molecule has 0 unspecified atom stereocenters. The summed E-state index contributed by atoms with van der Waals surface area (Å²) >= 11 is 2.39. The molecular weight excluding hydrogens is 299 g/mol. The van der Waals surface area contributed by atoms with Gasteiger partial charge in [0.1, 0.15) is 0 Å². The van der Waals surface area contributed by atoms with Gasteiger partial charge in [0.25, 0.3) is 0 Å². The predicted molar refractivity (Wildman–Crippen MR) is 73.4 cm³/mol. The molecule has 1 aliphatic heterocycles. The molecule has 0 aliphatic carbocycles. The summed E-state index contributed by atoms with van der Waals surface area (Å²) in [6.07, 6.45) is 2.45. The molecule has 2 rings (SSSR count). The zero-order chi connectivity index (χ0) is 10.7. The molecule has 15 heavy (non-hydrogen) atoms. The molecule has 1 saturated heterocycles. The van der Waals surface area contributed by atoms with E-state index in [-0.39, 0.29) is 0 Å². The molecule has 2 N–H and O–H groups in total. The average Bonchev–Trinajstić information content (AvgIpc) is 2.25. The van der Waals surface area contributed by atoms with Gasteiger partial charge in [-0.1, -0.05) is 6.07 Å². The van der Waals surface area contributed by atoms with Crippen LogP contribution < -0.4 is 10.6 Å². The Bertz CT molecular complexity index is 332. The molecule has 82 valence electrons. The summed E-state index contributed by atoms with van der Waals surface area (Å²) in [4.78, 5) is 0. The Morgan fingerprint density at radius 3 is 2.73 bits per heavy atom. The van der Waals surface area contributed by atoms with Gasteiger partial charge in [0.05, 0.1) is 0 Å². The highest BCUT2D eigenvalue weighted by atomic mass is 127. The first-order valence-electron chi connectivity index (χ1n) is 5.49. The SMILES string of the molecule is Cc1ccc(NC2CCNCC2)cc1I. The molecule has 1 heterocycles. The van der Waals surface area contributed by atoms with Gasteiger partial charge in [-0.15, -0.1) is 0 Å². The summed E-state index contributed by atoms with van der Waals surface area (Å²) in [6.45, 7) is 4.43. The van der Waals surface area contributed by atoms with E-state index in [0.29, 0.717) is 6.04 Å². The van der Waals surface area contributed by atoms with Crippen molar-refractivity contribution >= 4 is 28.3 Å². The highest BCUT2D eigenvalue weighted by Crippen LogP contribution is 2.19. The molecule has 0 amide bonds. The van der Waals surface area contributed by atoms with E-state index >= 15 is 0 Å². The maximum Gasteiger partial charge on any atom is 0.0353 e. The van der Waals surface area contributed by atoms with Crippen molar-refractivity contribution in [2.24, 2.45) is 0 Å². The van der Waals surface area contributed by atoms with E-state index in [2.05, 4.69) is 58.3 Å². The van der Waals surface area contributed by atoms with Crippen molar-refractivity contribution in [1.82, 2.24) is 5.32 Å². The fourth-order valence-corrected chi connectivity index (χ4v) is 2.40. The van der Waals surface area contributed by atoms with Crippen molar-refractivity contribution in [2.75, 3.05) is 18.4 Å². The summed E-state index contributed by atoms with van der Waals surface area (Å²) < 4.78 is 1.34. The van der Waals surface area contributed by atoms with Crippen molar-refractivity contribution in [2.45, 2.75) is 25.8 Å². The van der Waals surface area contributed by atoms with Crippen LogP contribution in [-0.2, 0) is 0 Å². The van der Waals surface area contributed by atoms with Crippen LogP contribution in [0.5, 0.6) is 0 Å². The smallest absolute Gasteiger partial charge is 0.0353 e. The highest BCUT2D eigenvalue weighted by molar-refractivity contribution is 14.1. The number of rotatable bonds is 2. The van der Waals surface area contributed by atoms with Crippen LogP contribution in [0.4, 0.5) is 5.69 Å². The van der Waals surface area contributed by atoms with E-state index in [1.54, 1.807) is 0 Å². The summed E-state index contributed by atoms with van der Waals surface area (Å²) in [5.41, 5.74) is 2.61. The van der Waals surface area contributed by atoms with Crippen LogP contribution in [-0.4, -0.2) is 19.1 Å². The van der Waals surface area contributed by atoms with Gasteiger partial charge in [-0.2, -0.15) is 0 Å². The van der Waals surface area contributed by atoms with Crippen LogP contribution in [0.1, 0.15) is 18.4 Å². The van der Waals surface area contributed by atoms with E-state index in [1.165, 1.54) is 27.7 Å². The number of anilines is 1. The molecule has 1 aromatic rings. The molecule has 0 atom stereocenters. The quantitative estimate of drug-likeness (QED) is 0.820. The minimum atomic E-state index is 0.643. The minimum Gasteiger partial charge on any atom is -0.382 e. The topological polar surface area (TPSA) is 24.1 Å². The Kier molecular flexibility index (Phi) is 3.86. The third-order valence-corrected chi connectivity index (χ3v) is 4.04. The van der Waals surface area contributed by atoms with Crippen LogP contribution in [0.25, 0.3) is 0 Å². The van der Waals surface area contributed by atoms with Gasteiger partial charge in [-0.25, -0.2) is 0 Å². The van der Waals surface area contributed by atoms with Crippen molar-refractivity contribution in [1.29, 1.82) is 0 Å². The second-order valence-electron chi connectivity index (χ2n) is 4.13. The van der Waals surface area contributed by atoms with Crippen molar-refractivity contribution in [3.8, 4) is 0 Å². The van der Waals surface area contributed by atoms with Crippen molar-refractivity contribution in [3.63, 3.8) is 0 Å². The number of hydrogen-bond acceptors (Lipinski definition) is 2. The fourth-order valence-electron chi connectivity index (χ4n) is 1.88. The summed E-state index contributed by atoms with van der Waals surface area (Å²) in [7, 11) is 0. The Hall–Kier alpha value is -0.290. The van der Waals surface area contributed by atoms with Crippen LogP contribution in [0.3, 0.4) is 0 Å². The maximum atomic E-state index is 3.60. The maximum absolute atomic E-state index is 3.60. The van der Waals surface area contributed by atoms with Gasteiger partial charge in [-0.05, 0) is 73.1 Å². The number of halogens is 1. The lowest BCUT2D eigenvalue weighted by atomic mass is 10.1. The molecule has 0 bridgehead atoms. The monoisotopic (exact) mass is 316 g/mol. The number of nitrogens with one attached hydrogen (secondary N) is 2. The van der Waals surface area contributed by atoms with Gasteiger partial charge in [-0.3, -0.25) is 0 Å². The van der Waals surface area contributed by atoms with Gasteiger partial charge < -0.3 is 10.6 Å². The predicted octanol–water partition coefficient (Wildman–Crippen LogP) is 2.76. The number of piperidine rings is 1. The van der Waals surface area contributed by atoms with Gasteiger partial charge in [0, 0.05) is 15.3 Å². The van der Waals surface area contributed by atoms with Gasteiger partial charge in [0.2, 0.25) is 0 Å². The Labute approximate surface area is 105 Å². The number of hydrogen-bond donors (Lipinski definition) is 2. The van der Waals surface area contributed by atoms with Crippen LogP contribution in [0.2, 0.25) is 0 Å². The van der Waals surface area contributed by atoms with E-state index < -0.39 is 0 Å². The lowest BCUT2D eigenvalue weighted by molar-refractivity contribution is 0.479. The molecule has 2 nitrogen and oxygen atoms in total. The van der Waals surface area contributed by atoms with E-state index in [9.17, 15) is 0 Å². The first kappa shape index (κ1) is 11.2. The average molecular weight is 316 g/mol. The molecule has 1 aliphatic rings. The molecule has 1 fully saturated rings. The van der Waals surface area contributed by atoms with Crippen LogP contribution in [0, 0.1) is 10.5 Å². The zero-order valence-electron chi connectivity index (χ0n) is 9.02.